The summed E-state index contributed by atoms with van der Waals surface area (Å²) in [6.45, 7) is 2.02. The summed E-state index contributed by atoms with van der Waals surface area (Å²) >= 11 is 0. The number of nitrogens with zero attached hydrogens (tertiary/aromatic N) is 2. The highest BCUT2D eigenvalue weighted by molar-refractivity contribution is 5.94. The zero-order valence-corrected chi connectivity index (χ0v) is 10.7. The van der Waals surface area contributed by atoms with Crippen LogP contribution in [0, 0.1) is 6.92 Å². The van der Waals surface area contributed by atoms with Crippen LogP contribution in [0.25, 0.3) is 0 Å². The smallest absolute Gasteiger partial charge is 0.315 e. The third kappa shape index (κ3) is 2.51. The maximum atomic E-state index is 11.2. The van der Waals surface area contributed by atoms with Crippen molar-refractivity contribution >= 4 is 11.9 Å². The third-order valence-electron chi connectivity index (χ3n) is 2.85. The van der Waals surface area contributed by atoms with E-state index in [9.17, 15) is 4.79 Å². The molecule has 0 saturated carbocycles. The standard InChI is InChI=1S/C13H16N2O3/c1-9-6-4-5-7-10(9)13-14-11(18-15(13)2)8-12(16)17-3/h4-7,13H,8H2,1-3H3. The van der Waals surface area contributed by atoms with E-state index in [1.807, 2.05) is 31.2 Å². The summed E-state index contributed by atoms with van der Waals surface area (Å²) in [5.74, 6) is 0.0326. The van der Waals surface area contributed by atoms with Gasteiger partial charge in [0.05, 0.1) is 7.11 Å². The molecular weight excluding hydrogens is 232 g/mol. The molecule has 1 aliphatic rings. The fourth-order valence-electron chi connectivity index (χ4n) is 1.87. The second-order valence-electron chi connectivity index (χ2n) is 4.14. The van der Waals surface area contributed by atoms with E-state index in [0.29, 0.717) is 5.90 Å². The van der Waals surface area contributed by atoms with Crippen LogP contribution in [-0.2, 0) is 14.4 Å². The van der Waals surface area contributed by atoms with Crippen molar-refractivity contribution in [1.29, 1.82) is 0 Å². The number of ether oxygens (including phenoxy) is 1. The number of methoxy groups -OCH3 is 1. The lowest BCUT2D eigenvalue weighted by molar-refractivity contribution is -0.140. The lowest BCUT2D eigenvalue weighted by Crippen LogP contribution is -2.20. The van der Waals surface area contributed by atoms with E-state index in [0.717, 1.165) is 11.1 Å². The minimum absolute atomic E-state index is 0.0588. The first-order valence-electron chi connectivity index (χ1n) is 5.71. The fourth-order valence-corrected chi connectivity index (χ4v) is 1.87. The first-order valence-corrected chi connectivity index (χ1v) is 5.71. The van der Waals surface area contributed by atoms with Gasteiger partial charge in [0.25, 0.3) is 0 Å². The van der Waals surface area contributed by atoms with Crippen molar-refractivity contribution in [2.75, 3.05) is 14.2 Å². The summed E-state index contributed by atoms with van der Waals surface area (Å²) in [7, 11) is 3.14. The maximum Gasteiger partial charge on any atom is 0.315 e. The van der Waals surface area contributed by atoms with Gasteiger partial charge in [-0.1, -0.05) is 24.3 Å². The van der Waals surface area contributed by atoms with Crippen LogP contribution in [0.4, 0.5) is 0 Å². The average molecular weight is 248 g/mol. The zero-order valence-electron chi connectivity index (χ0n) is 10.7. The summed E-state index contributed by atoms with van der Waals surface area (Å²) in [5, 5.41) is 1.64. The summed E-state index contributed by atoms with van der Waals surface area (Å²) in [5.41, 5.74) is 2.21. The Morgan fingerprint density at radius 3 is 2.89 bits per heavy atom. The van der Waals surface area contributed by atoms with Crippen molar-refractivity contribution in [1.82, 2.24) is 5.06 Å². The van der Waals surface area contributed by atoms with Crippen molar-refractivity contribution in [3.63, 3.8) is 0 Å². The van der Waals surface area contributed by atoms with Crippen molar-refractivity contribution in [3.05, 3.63) is 35.4 Å². The van der Waals surface area contributed by atoms with Gasteiger partial charge in [-0.3, -0.25) is 4.79 Å². The van der Waals surface area contributed by atoms with Crippen molar-refractivity contribution in [2.24, 2.45) is 4.99 Å². The Balaban J connectivity index is 2.19. The Morgan fingerprint density at radius 2 is 2.22 bits per heavy atom. The molecule has 18 heavy (non-hydrogen) atoms. The average Bonchev–Trinajstić information content (AvgIpc) is 2.70. The second-order valence-corrected chi connectivity index (χ2v) is 4.14. The predicted octanol–water partition coefficient (Wildman–Crippen LogP) is 1.83. The number of benzene rings is 1. The van der Waals surface area contributed by atoms with Crippen LogP contribution in [0.2, 0.25) is 0 Å². The number of aliphatic imine (C=N–C) groups is 1. The van der Waals surface area contributed by atoms with Gasteiger partial charge in [-0.2, -0.15) is 0 Å². The summed E-state index contributed by atoms with van der Waals surface area (Å²) in [4.78, 5) is 21.0. The first-order chi connectivity index (χ1) is 8.61. The van der Waals surface area contributed by atoms with E-state index < -0.39 is 0 Å². The highest BCUT2D eigenvalue weighted by atomic mass is 16.7. The number of rotatable bonds is 3. The quantitative estimate of drug-likeness (QED) is 0.766. The number of esters is 1. The molecule has 1 aromatic rings. The molecular formula is C13H16N2O3. The molecule has 0 aliphatic carbocycles. The van der Waals surface area contributed by atoms with E-state index in [-0.39, 0.29) is 18.6 Å². The third-order valence-corrected chi connectivity index (χ3v) is 2.85. The fraction of sp³-hybridized carbons (Fsp3) is 0.385. The van der Waals surface area contributed by atoms with E-state index in [2.05, 4.69) is 9.73 Å². The van der Waals surface area contributed by atoms with Crippen LogP contribution in [-0.4, -0.2) is 31.1 Å². The minimum atomic E-state index is -0.354. The van der Waals surface area contributed by atoms with Crippen molar-refractivity contribution < 1.29 is 14.4 Å². The Kier molecular flexibility index (Phi) is 3.62. The molecule has 0 bridgehead atoms. The normalized spacial score (nSPS) is 19.3. The molecule has 0 saturated heterocycles. The number of carbonyl (C=O) groups excluding carboxylic acids is 1. The molecule has 96 valence electrons. The van der Waals surface area contributed by atoms with Gasteiger partial charge in [0.15, 0.2) is 6.17 Å². The molecule has 0 fully saturated rings. The minimum Gasteiger partial charge on any atom is -0.469 e. The van der Waals surface area contributed by atoms with Gasteiger partial charge in [-0.25, -0.2) is 4.99 Å². The Morgan fingerprint density at radius 1 is 1.50 bits per heavy atom. The molecule has 0 spiro atoms. The lowest BCUT2D eigenvalue weighted by atomic mass is 10.1. The van der Waals surface area contributed by atoms with Gasteiger partial charge >= 0.3 is 5.97 Å². The van der Waals surface area contributed by atoms with Gasteiger partial charge < -0.3 is 9.57 Å². The second kappa shape index (κ2) is 5.18. The highest BCUT2D eigenvalue weighted by Gasteiger charge is 2.28. The SMILES string of the molecule is COC(=O)CC1=NC(c2ccccc2C)N(C)O1. The van der Waals surface area contributed by atoms with Crippen molar-refractivity contribution in [2.45, 2.75) is 19.5 Å². The van der Waals surface area contributed by atoms with Crippen LogP contribution in [0.3, 0.4) is 0 Å². The molecule has 5 nitrogen and oxygen atoms in total. The lowest BCUT2D eigenvalue weighted by Gasteiger charge is -2.17. The molecule has 0 aromatic heterocycles. The van der Waals surface area contributed by atoms with Crippen LogP contribution in [0.1, 0.15) is 23.7 Å². The largest absolute Gasteiger partial charge is 0.469 e. The van der Waals surface area contributed by atoms with Gasteiger partial charge in [-0.05, 0) is 18.1 Å². The topological polar surface area (TPSA) is 51.1 Å². The highest BCUT2D eigenvalue weighted by Crippen LogP contribution is 2.29. The maximum absolute atomic E-state index is 11.2. The van der Waals surface area contributed by atoms with E-state index >= 15 is 0 Å². The van der Waals surface area contributed by atoms with Crippen LogP contribution in [0.15, 0.2) is 29.3 Å². The molecule has 2 rings (SSSR count). The van der Waals surface area contributed by atoms with E-state index in [1.54, 1.807) is 12.1 Å². The number of hydrogen-bond donors (Lipinski definition) is 0. The van der Waals surface area contributed by atoms with Gasteiger partial charge in [0.1, 0.15) is 6.42 Å². The first kappa shape index (κ1) is 12.6. The summed E-state index contributed by atoms with van der Waals surface area (Å²) in [6, 6.07) is 7.97. The molecule has 0 N–H and O–H groups in total. The molecule has 0 amide bonds. The van der Waals surface area contributed by atoms with Crippen LogP contribution >= 0.6 is 0 Å². The molecule has 1 atom stereocenters. The number of hydrogen-bond acceptors (Lipinski definition) is 5. The van der Waals surface area contributed by atoms with E-state index in [1.165, 1.54) is 7.11 Å². The van der Waals surface area contributed by atoms with E-state index in [4.69, 9.17) is 4.84 Å². The molecule has 1 heterocycles. The molecule has 1 unspecified atom stereocenters. The Hall–Kier alpha value is -1.88. The molecule has 0 radical (unpaired) electrons. The zero-order chi connectivity index (χ0) is 13.1. The monoisotopic (exact) mass is 248 g/mol. The Labute approximate surface area is 106 Å². The molecule has 1 aliphatic heterocycles. The number of carbonyl (C=O) groups is 1. The Bertz CT molecular complexity index is 485. The van der Waals surface area contributed by atoms with Crippen LogP contribution in [0.5, 0.6) is 0 Å². The summed E-state index contributed by atoms with van der Waals surface area (Å²) in [6.07, 6.45) is -0.144. The predicted molar refractivity (Wildman–Crippen MR) is 66.8 cm³/mol. The van der Waals surface area contributed by atoms with Gasteiger partial charge in [0, 0.05) is 7.05 Å². The molecule has 5 heteroatoms. The van der Waals surface area contributed by atoms with Crippen molar-refractivity contribution in [3.8, 4) is 0 Å². The number of hydroxylamine groups is 2. The van der Waals surface area contributed by atoms with Crippen LogP contribution < -0.4 is 0 Å². The van der Waals surface area contributed by atoms with Gasteiger partial charge in [-0.15, -0.1) is 5.06 Å². The summed E-state index contributed by atoms with van der Waals surface area (Å²) < 4.78 is 4.59. The number of aryl methyl sites for hydroxylation is 1. The van der Waals surface area contributed by atoms with Gasteiger partial charge in [0.2, 0.25) is 5.90 Å². The molecule has 1 aromatic carbocycles.